The first-order valence-corrected chi connectivity index (χ1v) is 7.35. The maximum Gasteiger partial charge on any atom is 0.347 e. The zero-order chi connectivity index (χ0) is 14.4. The van der Waals surface area contributed by atoms with Crippen molar-refractivity contribution in [2.24, 2.45) is 0 Å². The Morgan fingerprint density at radius 1 is 1.53 bits per heavy atom. The van der Waals surface area contributed by atoms with Crippen LogP contribution >= 0.6 is 11.3 Å². The van der Waals surface area contributed by atoms with Crippen molar-refractivity contribution in [3.63, 3.8) is 0 Å². The maximum atomic E-state index is 11.3. The molecule has 1 N–H and O–H groups in total. The van der Waals surface area contributed by atoms with E-state index in [-0.39, 0.29) is 5.92 Å². The van der Waals surface area contributed by atoms with E-state index in [0.29, 0.717) is 30.3 Å². The topological polar surface area (TPSA) is 62.7 Å². The second-order valence-electron chi connectivity index (χ2n) is 4.44. The first-order valence-electron chi connectivity index (χ1n) is 6.54. The third-order valence-electron chi connectivity index (χ3n) is 3.02. The Kier molecular flexibility index (Phi) is 6.24. The Morgan fingerprint density at radius 3 is 2.74 bits per heavy atom. The monoisotopic (exact) mass is 286 g/mol. The first kappa shape index (κ1) is 15.9. The summed E-state index contributed by atoms with van der Waals surface area (Å²) in [6, 6.07) is 0. The van der Waals surface area contributed by atoms with Crippen LogP contribution < -0.4 is 4.90 Å². The van der Waals surface area contributed by atoms with E-state index < -0.39 is 5.97 Å². The summed E-state index contributed by atoms with van der Waals surface area (Å²) in [7, 11) is 1.91. The normalized spacial score (nSPS) is 12.4. The smallest absolute Gasteiger partial charge is 0.347 e. The highest BCUT2D eigenvalue weighted by atomic mass is 32.1. The molecule has 0 aliphatic heterocycles. The van der Waals surface area contributed by atoms with Crippen molar-refractivity contribution >= 4 is 22.4 Å². The summed E-state index contributed by atoms with van der Waals surface area (Å²) < 4.78 is 5.30. The summed E-state index contributed by atoms with van der Waals surface area (Å²) in [5.74, 6) is -0.728. The zero-order valence-corrected chi connectivity index (χ0v) is 12.8. The number of carbonyl (C=O) groups is 1. The van der Waals surface area contributed by atoms with Gasteiger partial charge in [-0.3, -0.25) is 0 Å². The molecule has 0 radical (unpaired) electrons. The van der Waals surface area contributed by atoms with Crippen LogP contribution in [0, 0.1) is 0 Å². The predicted octanol–water partition coefficient (Wildman–Crippen LogP) is 2.83. The number of rotatable bonds is 8. The summed E-state index contributed by atoms with van der Waals surface area (Å²) >= 11 is 1.24. The van der Waals surface area contributed by atoms with Crippen LogP contribution in [-0.4, -0.2) is 42.9 Å². The molecule has 6 heteroatoms. The van der Waals surface area contributed by atoms with E-state index >= 15 is 0 Å². The van der Waals surface area contributed by atoms with Crippen LogP contribution in [0.4, 0.5) is 5.13 Å². The number of nitrogens with zero attached hydrogens (tertiary/aromatic N) is 2. The average molecular weight is 286 g/mol. The zero-order valence-electron chi connectivity index (χ0n) is 12.0. The van der Waals surface area contributed by atoms with Gasteiger partial charge in [-0.2, -0.15) is 0 Å². The largest absolute Gasteiger partial charge is 0.477 e. The molecule has 0 saturated heterocycles. The molecule has 1 atom stereocenters. The number of carboxylic acid groups (broad SMARTS) is 1. The van der Waals surface area contributed by atoms with Crippen molar-refractivity contribution in [3.8, 4) is 0 Å². The first-order chi connectivity index (χ1) is 9.01. The molecule has 1 rings (SSSR count). The number of ether oxygens (including phenoxy) is 1. The molecule has 0 saturated carbocycles. The quantitative estimate of drug-likeness (QED) is 0.745. The molecule has 0 aromatic carbocycles. The Labute approximate surface area is 118 Å². The number of thiazole rings is 1. The van der Waals surface area contributed by atoms with E-state index in [2.05, 4.69) is 4.98 Å². The number of anilines is 1. The second kappa shape index (κ2) is 7.45. The number of hydrogen-bond acceptors (Lipinski definition) is 5. The van der Waals surface area contributed by atoms with Gasteiger partial charge in [0.25, 0.3) is 0 Å². The van der Waals surface area contributed by atoms with E-state index in [1.807, 2.05) is 32.7 Å². The van der Waals surface area contributed by atoms with Crippen molar-refractivity contribution in [1.82, 2.24) is 4.98 Å². The van der Waals surface area contributed by atoms with Crippen molar-refractivity contribution in [2.45, 2.75) is 33.1 Å². The van der Waals surface area contributed by atoms with E-state index in [4.69, 9.17) is 4.74 Å². The van der Waals surface area contributed by atoms with E-state index in [1.54, 1.807) is 0 Å². The molecule has 0 aliphatic carbocycles. The molecular formula is C13H22N2O3S. The third kappa shape index (κ3) is 4.18. The average Bonchev–Trinajstić information content (AvgIpc) is 2.83. The van der Waals surface area contributed by atoms with Gasteiger partial charge in [0.05, 0.1) is 12.3 Å². The number of likely N-dealkylation sites (N-methyl/N-ethyl adjacent to an activating group) is 1. The van der Waals surface area contributed by atoms with E-state index in [0.717, 1.165) is 11.6 Å². The van der Waals surface area contributed by atoms with Gasteiger partial charge in [0.2, 0.25) is 0 Å². The van der Waals surface area contributed by atoms with Gasteiger partial charge in [-0.15, -0.1) is 0 Å². The fourth-order valence-electron chi connectivity index (χ4n) is 1.61. The standard InChI is InChI=1S/C13H22N2O3S/c1-5-9(3)10-11(12(16)17)19-13(14-10)15(4)7-8-18-6-2/h9H,5-8H2,1-4H3,(H,16,17). The van der Waals surface area contributed by atoms with Gasteiger partial charge >= 0.3 is 5.97 Å². The molecule has 0 amide bonds. The van der Waals surface area contributed by atoms with Crippen LogP contribution in [0.2, 0.25) is 0 Å². The molecular weight excluding hydrogens is 264 g/mol. The molecule has 0 spiro atoms. The molecule has 108 valence electrons. The van der Waals surface area contributed by atoms with Crippen LogP contribution in [0.25, 0.3) is 0 Å². The Bertz CT molecular complexity index is 420. The van der Waals surface area contributed by atoms with Gasteiger partial charge in [0.1, 0.15) is 4.88 Å². The van der Waals surface area contributed by atoms with Gasteiger partial charge in [0.15, 0.2) is 5.13 Å². The fraction of sp³-hybridized carbons (Fsp3) is 0.692. The highest BCUT2D eigenvalue weighted by Crippen LogP contribution is 2.31. The lowest BCUT2D eigenvalue weighted by Gasteiger charge is -2.15. The van der Waals surface area contributed by atoms with Crippen LogP contribution in [0.5, 0.6) is 0 Å². The highest BCUT2D eigenvalue weighted by Gasteiger charge is 2.22. The van der Waals surface area contributed by atoms with Crippen LogP contribution in [0.15, 0.2) is 0 Å². The molecule has 0 aliphatic rings. The van der Waals surface area contributed by atoms with Gasteiger partial charge in [-0.05, 0) is 19.3 Å². The third-order valence-corrected chi connectivity index (χ3v) is 4.19. The van der Waals surface area contributed by atoms with Crippen LogP contribution in [0.3, 0.4) is 0 Å². The lowest BCUT2D eigenvalue weighted by molar-refractivity contribution is 0.0700. The highest BCUT2D eigenvalue weighted by molar-refractivity contribution is 7.17. The number of aromatic nitrogens is 1. The lowest BCUT2D eigenvalue weighted by Crippen LogP contribution is -2.22. The molecule has 0 fully saturated rings. The summed E-state index contributed by atoms with van der Waals surface area (Å²) in [5, 5.41) is 9.99. The molecule has 1 aromatic heterocycles. The molecule has 1 aromatic rings. The Hall–Kier alpha value is -1.14. The van der Waals surface area contributed by atoms with Gasteiger partial charge in [0, 0.05) is 20.2 Å². The van der Waals surface area contributed by atoms with Crippen molar-refractivity contribution < 1.29 is 14.6 Å². The summed E-state index contributed by atoms with van der Waals surface area (Å²) in [6.07, 6.45) is 0.881. The lowest BCUT2D eigenvalue weighted by atomic mass is 10.0. The van der Waals surface area contributed by atoms with Crippen LogP contribution in [0.1, 0.15) is 48.5 Å². The van der Waals surface area contributed by atoms with Crippen molar-refractivity contribution in [2.75, 3.05) is 31.7 Å². The molecule has 1 heterocycles. The number of aromatic carboxylic acids is 1. The number of carboxylic acids is 1. The van der Waals surface area contributed by atoms with Gasteiger partial charge in [-0.25, -0.2) is 9.78 Å². The maximum absolute atomic E-state index is 11.3. The minimum atomic E-state index is -0.891. The minimum absolute atomic E-state index is 0.163. The minimum Gasteiger partial charge on any atom is -0.477 e. The van der Waals surface area contributed by atoms with Crippen molar-refractivity contribution in [1.29, 1.82) is 0 Å². The molecule has 1 unspecified atom stereocenters. The van der Waals surface area contributed by atoms with E-state index in [1.165, 1.54) is 11.3 Å². The van der Waals surface area contributed by atoms with Crippen LogP contribution in [-0.2, 0) is 4.74 Å². The Balaban J connectivity index is 2.87. The molecule has 5 nitrogen and oxygen atoms in total. The predicted molar refractivity (Wildman–Crippen MR) is 77.5 cm³/mol. The van der Waals surface area contributed by atoms with Gasteiger partial charge in [-0.1, -0.05) is 25.2 Å². The summed E-state index contributed by atoms with van der Waals surface area (Å²) in [5.41, 5.74) is 0.693. The molecule has 0 bridgehead atoms. The second-order valence-corrected chi connectivity index (χ2v) is 5.42. The fourth-order valence-corrected chi connectivity index (χ4v) is 2.62. The van der Waals surface area contributed by atoms with Gasteiger partial charge < -0.3 is 14.7 Å². The van der Waals surface area contributed by atoms with Crippen molar-refractivity contribution in [3.05, 3.63) is 10.6 Å². The van der Waals surface area contributed by atoms with E-state index in [9.17, 15) is 9.90 Å². The summed E-state index contributed by atoms with van der Waals surface area (Å²) in [4.78, 5) is 18.1. The number of hydrogen-bond donors (Lipinski definition) is 1. The summed E-state index contributed by atoms with van der Waals surface area (Å²) in [6.45, 7) is 8.00. The Morgan fingerprint density at radius 2 is 2.21 bits per heavy atom. The SMILES string of the molecule is CCOCCN(C)c1nc(C(C)CC)c(C(=O)O)s1. The molecule has 19 heavy (non-hydrogen) atoms.